The second kappa shape index (κ2) is 4.55. The average Bonchev–Trinajstić information content (AvgIpc) is 2.83. The Kier molecular flexibility index (Phi) is 2.93. The molecule has 0 aliphatic carbocycles. The normalized spacial score (nSPS) is 9.78. The first-order chi connectivity index (χ1) is 8.63. The number of amides is 1. The summed E-state index contributed by atoms with van der Waals surface area (Å²) >= 11 is 0. The van der Waals surface area contributed by atoms with Crippen LogP contribution in [0.15, 0.2) is 28.9 Å². The van der Waals surface area contributed by atoms with Crippen LogP contribution in [0.1, 0.15) is 16.1 Å². The molecule has 1 aromatic heterocycles. The van der Waals surface area contributed by atoms with Crippen LogP contribution in [0.5, 0.6) is 0 Å². The van der Waals surface area contributed by atoms with Crippen molar-refractivity contribution in [3.05, 3.63) is 35.5 Å². The van der Waals surface area contributed by atoms with Crippen LogP contribution in [-0.2, 0) is 0 Å². The van der Waals surface area contributed by atoms with Gasteiger partial charge in [0.15, 0.2) is 0 Å². The SMILES string of the molecule is CN(C(=O)c1nonc1N)c1ccc(C#N)cc1. The second-order valence-electron chi connectivity index (χ2n) is 3.52. The van der Waals surface area contributed by atoms with E-state index in [2.05, 4.69) is 14.9 Å². The smallest absolute Gasteiger partial charge is 0.284 e. The zero-order valence-corrected chi connectivity index (χ0v) is 9.49. The number of nitrogens with zero attached hydrogens (tertiary/aromatic N) is 4. The number of aromatic nitrogens is 2. The molecule has 1 amide bonds. The molecule has 2 N–H and O–H groups in total. The minimum absolute atomic E-state index is 0.0399. The first kappa shape index (κ1) is 11.6. The predicted molar refractivity (Wildman–Crippen MR) is 62.6 cm³/mol. The molecule has 2 aromatic rings. The number of hydrogen-bond donors (Lipinski definition) is 1. The van der Waals surface area contributed by atoms with E-state index in [9.17, 15) is 4.79 Å². The van der Waals surface area contributed by atoms with E-state index in [1.54, 1.807) is 31.3 Å². The lowest BCUT2D eigenvalue weighted by Gasteiger charge is -2.15. The van der Waals surface area contributed by atoms with Crippen LogP contribution in [0.2, 0.25) is 0 Å². The molecule has 18 heavy (non-hydrogen) atoms. The van der Waals surface area contributed by atoms with E-state index >= 15 is 0 Å². The Morgan fingerprint density at radius 2 is 2.06 bits per heavy atom. The fourth-order valence-corrected chi connectivity index (χ4v) is 1.38. The number of carbonyl (C=O) groups excluding carboxylic acids is 1. The summed E-state index contributed by atoms with van der Waals surface area (Å²) in [6.07, 6.45) is 0. The second-order valence-corrected chi connectivity index (χ2v) is 3.52. The van der Waals surface area contributed by atoms with Crippen LogP contribution in [0.3, 0.4) is 0 Å². The standard InChI is InChI=1S/C11H9N5O2/c1-16(8-4-2-7(6-12)3-5-8)11(17)9-10(13)15-18-14-9/h2-5H,1H3,(H2,13,15). The predicted octanol–water partition coefficient (Wildman–Crippen LogP) is 0.800. The third kappa shape index (κ3) is 1.99. The van der Waals surface area contributed by atoms with Gasteiger partial charge in [-0.2, -0.15) is 5.26 Å². The molecule has 0 saturated heterocycles. The maximum Gasteiger partial charge on any atom is 0.284 e. The summed E-state index contributed by atoms with van der Waals surface area (Å²) < 4.78 is 4.37. The molecule has 0 bridgehead atoms. The van der Waals surface area contributed by atoms with Gasteiger partial charge in [0.25, 0.3) is 5.91 Å². The van der Waals surface area contributed by atoms with Crippen molar-refractivity contribution in [1.29, 1.82) is 5.26 Å². The van der Waals surface area contributed by atoms with Crippen molar-refractivity contribution in [3.63, 3.8) is 0 Å². The maximum absolute atomic E-state index is 12.0. The Hall–Kier alpha value is -2.88. The average molecular weight is 243 g/mol. The first-order valence-electron chi connectivity index (χ1n) is 4.99. The Morgan fingerprint density at radius 3 is 2.56 bits per heavy atom. The molecule has 90 valence electrons. The van der Waals surface area contributed by atoms with Crippen LogP contribution < -0.4 is 10.6 Å². The van der Waals surface area contributed by atoms with Gasteiger partial charge in [-0.05, 0) is 34.6 Å². The van der Waals surface area contributed by atoms with Crippen LogP contribution in [0.25, 0.3) is 0 Å². The summed E-state index contributed by atoms with van der Waals surface area (Å²) in [5.74, 6) is -0.487. The summed E-state index contributed by atoms with van der Waals surface area (Å²) in [4.78, 5) is 13.3. The summed E-state index contributed by atoms with van der Waals surface area (Å²) in [6.45, 7) is 0. The quantitative estimate of drug-likeness (QED) is 0.835. The third-order valence-corrected chi connectivity index (χ3v) is 2.40. The molecule has 7 heteroatoms. The number of nitriles is 1. The number of carbonyl (C=O) groups is 1. The van der Waals surface area contributed by atoms with Gasteiger partial charge < -0.3 is 10.6 Å². The van der Waals surface area contributed by atoms with Gasteiger partial charge in [-0.3, -0.25) is 4.79 Å². The van der Waals surface area contributed by atoms with Gasteiger partial charge in [-0.25, -0.2) is 4.63 Å². The number of nitrogens with two attached hydrogens (primary N) is 1. The largest absolute Gasteiger partial charge is 0.379 e. The van der Waals surface area contributed by atoms with Gasteiger partial charge in [-0.1, -0.05) is 0 Å². The zero-order valence-electron chi connectivity index (χ0n) is 9.49. The van der Waals surface area contributed by atoms with Gasteiger partial charge in [0.2, 0.25) is 11.5 Å². The Balaban J connectivity index is 2.26. The molecule has 2 rings (SSSR count). The Morgan fingerprint density at radius 1 is 1.39 bits per heavy atom. The van der Waals surface area contributed by atoms with Crippen molar-refractivity contribution in [2.45, 2.75) is 0 Å². The summed E-state index contributed by atoms with van der Waals surface area (Å²) in [5.41, 5.74) is 6.53. The van der Waals surface area contributed by atoms with Gasteiger partial charge in [0.05, 0.1) is 11.6 Å². The van der Waals surface area contributed by atoms with E-state index in [4.69, 9.17) is 11.0 Å². The van der Waals surface area contributed by atoms with Crippen molar-refractivity contribution >= 4 is 17.4 Å². The third-order valence-electron chi connectivity index (χ3n) is 2.40. The van der Waals surface area contributed by atoms with Crippen molar-refractivity contribution in [2.24, 2.45) is 0 Å². The molecular formula is C11H9N5O2. The van der Waals surface area contributed by atoms with Crippen molar-refractivity contribution in [3.8, 4) is 6.07 Å². The van der Waals surface area contributed by atoms with E-state index in [0.29, 0.717) is 11.3 Å². The highest BCUT2D eigenvalue weighted by molar-refractivity contribution is 6.06. The highest BCUT2D eigenvalue weighted by atomic mass is 16.6. The zero-order chi connectivity index (χ0) is 13.1. The van der Waals surface area contributed by atoms with Gasteiger partial charge in [0.1, 0.15) is 0 Å². The minimum Gasteiger partial charge on any atom is -0.379 e. The highest BCUT2D eigenvalue weighted by Crippen LogP contribution is 2.17. The van der Waals surface area contributed by atoms with Crippen molar-refractivity contribution in [1.82, 2.24) is 10.3 Å². The molecule has 0 saturated carbocycles. The molecule has 1 heterocycles. The van der Waals surface area contributed by atoms with Crippen LogP contribution in [-0.4, -0.2) is 23.3 Å². The van der Waals surface area contributed by atoms with Gasteiger partial charge in [-0.15, -0.1) is 0 Å². The molecular weight excluding hydrogens is 234 g/mol. The topological polar surface area (TPSA) is 109 Å². The number of nitrogen functional groups attached to an aromatic ring is 1. The summed E-state index contributed by atoms with van der Waals surface area (Å²) in [7, 11) is 1.57. The van der Waals surface area contributed by atoms with Crippen molar-refractivity contribution in [2.75, 3.05) is 17.7 Å². The first-order valence-corrected chi connectivity index (χ1v) is 4.99. The molecule has 0 radical (unpaired) electrons. The summed E-state index contributed by atoms with van der Waals surface area (Å²) in [5, 5.41) is 15.5. The van der Waals surface area contributed by atoms with Crippen LogP contribution in [0, 0.1) is 11.3 Å². The van der Waals surface area contributed by atoms with E-state index in [0.717, 1.165) is 0 Å². The minimum atomic E-state index is -0.432. The molecule has 0 atom stereocenters. The molecule has 0 aliphatic rings. The Bertz CT molecular complexity index is 611. The maximum atomic E-state index is 12.0. The fraction of sp³-hybridized carbons (Fsp3) is 0.0909. The monoisotopic (exact) mass is 243 g/mol. The number of benzene rings is 1. The van der Waals surface area contributed by atoms with Gasteiger partial charge >= 0.3 is 0 Å². The fourth-order valence-electron chi connectivity index (χ4n) is 1.38. The molecule has 0 fully saturated rings. The molecule has 7 nitrogen and oxygen atoms in total. The van der Waals surface area contributed by atoms with E-state index in [1.807, 2.05) is 6.07 Å². The molecule has 0 unspecified atom stereocenters. The number of hydrogen-bond acceptors (Lipinski definition) is 6. The van der Waals surface area contributed by atoms with E-state index in [1.165, 1.54) is 4.90 Å². The van der Waals surface area contributed by atoms with E-state index < -0.39 is 5.91 Å². The lowest BCUT2D eigenvalue weighted by Crippen LogP contribution is -2.27. The highest BCUT2D eigenvalue weighted by Gasteiger charge is 2.21. The molecule has 0 spiro atoms. The lowest BCUT2D eigenvalue weighted by molar-refractivity contribution is 0.0984. The van der Waals surface area contributed by atoms with Crippen molar-refractivity contribution < 1.29 is 9.42 Å². The molecule has 1 aromatic carbocycles. The molecule has 0 aliphatic heterocycles. The Labute approximate surface area is 102 Å². The van der Waals surface area contributed by atoms with Crippen LogP contribution >= 0.6 is 0 Å². The van der Waals surface area contributed by atoms with Crippen LogP contribution in [0.4, 0.5) is 11.5 Å². The summed E-state index contributed by atoms with van der Waals surface area (Å²) in [6, 6.07) is 8.53. The number of rotatable bonds is 2. The lowest BCUT2D eigenvalue weighted by atomic mass is 10.2. The van der Waals surface area contributed by atoms with Gasteiger partial charge in [0, 0.05) is 12.7 Å². The van der Waals surface area contributed by atoms with E-state index in [-0.39, 0.29) is 11.5 Å². The number of anilines is 2.